The Bertz CT molecular complexity index is 670. The number of hydrogen-bond acceptors (Lipinski definition) is 8. The SMILES string of the molecule is CC(C)OCc1noc(CN2CCCC2c2ccc(N(C)C)nn2)n1. The fraction of sp³-hybridized carbons (Fsp3) is 0.647. The third kappa shape index (κ3) is 4.52. The molecule has 1 aliphatic rings. The van der Waals surface area contributed by atoms with Crippen LogP contribution in [0.4, 0.5) is 5.82 Å². The van der Waals surface area contributed by atoms with Crippen LogP contribution in [0.1, 0.15) is 50.1 Å². The molecule has 1 saturated heterocycles. The first-order valence-corrected chi connectivity index (χ1v) is 8.71. The molecule has 0 N–H and O–H groups in total. The molecule has 25 heavy (non-hydrogen) atoms. The number of hydrogen-bond donors (Lipinski definition) is 0. The van der Waals surface area contributed by atoms with Crippen molar-refractivity contribution in [3.8, 4) is 0 Å². The minimum absolute atomic E-state index is 0.147. The highest BCUT2D eigenvalue weighted by molar-refractivity contribution is 5.35. The molecule has 2 aromatic rings. The van der Waals surface area contributed by atoms with Crippen LogP contribution in [-0.4, -0.2) is 52.0 Å². The van der Waals surface area contributed by atoms with Gasteiger partial charge in [-0.15, -0.1) is 5.10 Å². The summed E-state index contributed by atoms with van der Waals surface area (Å²) in [7, 11) is 3.92. The van der Waals surface area contributed by atoms with Crippen molar-refractivity contribution in [1.29, 1.82) is 0 Å². The van der Waals surface area contributed by atoms with Gasteiger partial charge in [-0.2, -0.15) is 10.1 Å². The van der Waals surface area contributed by atoms with Crippen molar-refractivity contribution >= 4 is 5.82 Å². The average Bonchev–Trinajstić information content (AvgIpc) is 3.23. The lowest BCUT2D eigenvalue weighted by Crippen LogP contribution is -2.24. The molecule has 8 nitrogen and oxygen atoms in total. The maximum absolute atomic E-state index is 5.51. The third-order valence-electron chi connectivity index (χ3n) is 4.23. The Balaban J connectivity index is 1.63. The summed E-state index contributed by atoms with van der Waals surface area (Å²) >= 11 is 0. The van der Waals surface area contributed by atoms with Gasteiger partial charge in [0.2, 0.25) is 5.89 Å². The Morgan fingerprint density at radius 3 is 2.84 bits per heavy atom. The van der Waals surface area contributed by atoms with Gasteiger partial charge in [0.25, 0.3) is 0 Å². The topological polar surface area (TPSA) is 80.4 Å². The van der Waals surface area contributed by atoms with E-state index in [1.807, 2.05) is 38.9 Å². The number of anilines is 1. The van der Waals surface area contributed by atoms with Gasteiger partial charge in [-0.05, 0) is 45.4 Å². The molecule has 1 aliphatic heterocycles. The molecule has 136 valence electrons. The predicted molar refractivity (Wildman–Crippen MR) is 93.0 cm³/mol. The van der Waals surface area contributed by atoms with E-state index in [9.17, 15) is 0 Å². The fourth-order valence-corrected chi connectivity index (χ4v) is 2.93. The van der Waals surface area contributed by atoms with E-state index in [2.05, 4.69) is 31.3 Å². The molecular weight excluding hydrogens is 320 g/mol. The van der Waals surface area contributed by atoms with Gasteiger partial charge in [0.1, 0.15) is 6.61 Å². The molecule has 0 radical (unpaired) electrons. The first-order chi connectivity index (χ1) is 12.0. The molecule has 0 amide bonds. The zero-order chi connectivity index (χ0) is 17.8. The molecule has 2 aromatic heterocycles. The number of ether oxygens (including phenoxy) is 1. The molecule has 1 unspecified atom stereocenters. The van der Waals surface area contributed by atoms with Gasteiger partial charge in [-0.1, -0.05) is 5.16 Å². The Morgan fingerprint density at radius 1 is 1.32 bits per heavy atom. The maximum Gasteiger partial charge on any atom is 0.240 e. The van der Waals surface area contributed by atoms with E-state index in [-0.39, 0.29) is 12.1 Å². The average molecular weight is 346 g/mol. The smallest absolute Gasteiger partial charge is 0.240 e. The second-order valence-electron chi connectivity index (χ2n) is 6.80. The zero-order valence-electron chi connectivity index (χ0n) is 15.3. The molecule has 1 fully saturated rings. The highest BCUT2D eigenvalue weighted by Gasteiger charge is 2.29. The molecule has 0 aliphatic carbocycles. The first kappa shape index (κ1) is 17.8. The predicted octanol–water partition coefficient (Wildman–Crippen LogP) is 2.19. The summed E-state index contributed by atoms with van der Waals surface area (Å²) in [5.41, 5.74) is 0.992. The second-order valence-corrected chi connectivity index (χ2v) is 6.80. The van der Waals surface area contributed by atoms with Crippen LogP contribution < -0.4 is 4.90 Å². The summed E-state index contributed by atoms with van der Waals surface area (Å²) in [5.74, 6) is 2.07. The van der Waals surface area contributed by atoms with Crippen LogP contribution in [0.2, 0.25) is 0 Å². The van der Waals surface area contributed by atoms with Crippen LogP contribution in [0.25, 0.3) is 0 Å². The van der Waals surface area contributed by atoms with Crippen molar-refractivity contribution in [2.45, 2.75) is 52.0 Å². The van der Waals surface area contributed by atoms with Crippen molar-refractivity contribution in [1.82, 2.24) is 25.2 Å². The Morgan fingerprint density at radius 2 is 2.16 bits per heavy atom. The maximum atomic E-state index is 5.51. The minimum Gasteiger partial charge on any atom is -0.371 e. The van der Waals surface area contributed by atoms with Crippen LogP contribution >= 0.6 is 0 Å². The summed E-state index contributed by atoms with van der Waals surface area (Å²) in [4.78, 5) is 8.69. The Kier molecular flexibility index (Phi) is 5.60. The zero-order valence-corrected chi connectivity index (χ0v) is 15.3. The van der Waals surface area contributed by atoms with Gasteiger partial charge in [-0.3, -0.25) is 4.90 Å². The highest BCUT2D eigenvalue weighted by Crippen LogP contribution is 2.31. The quantitative estimate of drug-likeness (QED) is 0.755. The van der Waals surface area contributed by atoms with Gasteiger partial charge in [0, 0.05) is 14.1 Å². The van der Waals surface area contributed by atoms with Crippen LogP contribution in [0.15, 0.2) is 16.7 Å². The lowest BCUT2D eigenvalue weighted by Gasteiger charge is -2.22. The van der Waals surface area contributed by atoms with Gasteiger partial charge in [0.15, 0.2) is 11.6 Å². The molecule has 0 aromatic carbocycles. The van der Waals surface area contributed by atoms with Gasteiger partial charge < -0.3 is 14.2 Å². The normalized spacial score (nSPS) is 18.2. The first-order valence-electron chi connectivity index (χ1n) is 8.71. The minimum atomic E-state index is 0.147. The van der Waals surface area contributed by atoms with Crippen LogP contribution in [0.5, 0.6) is 0 Å². The van der Waals surface area contributed by atoms with Gasteiger partial charge >= 0.3 is 0 Å². The fourth-order valence-electron chi connectivity index (χ4n) is 2.93. The summed E-state index contributed by atoms with van der Waals surface area (Å²) in [5, 5.41) is 12.7. The molecule has 3 heterocycles. The summed E-state index contributed by atoms with van der Waals surface area (Å²) in [6.07, 6.45) is 2.33. The monoisotopic (exact) mass is 346 g/mol. The third-order valence-corrected chi connectivity index (χ3v) is 4.23. The van der Waals surface area contributed by atoms with E-state index in [1.54, 1.807) is 0 Å². The van der Waals surface area contributed by atoms with Gasteiger partial charge in [-0.25, -0.2) is 0 Å². The van der Waals surface area contributed by atoms with E-state index < -0.39 is 0 Å². The summed E-state index contributed by atoms with van der Waals surface area (Å²) in [6, 6.07) is 4.31. The second kappa shape index (κ2) is 7.88. The standard InChI is InChI=1S/C17H26N6O2/c1-12(2)24-11-15-18-17(25-21-15)10-23-9-5-6-14(23)13-7-8-16(20-19-13)22(3)4/h7-8,12,14H,5-6,9-11H2,1-4H3. The molecule has 1 atom stereocenters. The summed E-state index contributed by atoms with van der Waals surface area (Å²) < 4.78 is 10.9. The number of rotatable bonds is 7. The van der Waals surface area contributed by atoms with Crippen LogP contribution in [-0.2, 0) is 17.9 Å². The highest BCUT2D eigenvalue weighted by atomic mass is 16.5. The van der Waals surface area contributed by atoms with Crippen molar-refractivity contribution < 1.29 is 9.26 Å². The van der Waals surface area contributed by atoms with Crippen molar-refractivity contribution in [3.63, 3.8) is 0 Å². The lowest BCUT2D eigenvalue weighted by atomic mass is 10.1. The van der Waals surface area contributed by atoms with Crippen LogP contribution in [0.3, 0.4) is 0 Å². The Labute approximate surface area is 148 Å². The number of likely N-dealkylation sites (tertiary alicyclic amines) is 1. The van der Waals surface area contributed by atoms with E-state index in [4.69, 9.17) is 9.26 Å². The molecule has 3 rings (SSSR count). The van der Waals surface area contributed by atoms with E-state index in [0.29, 0.717) is 24.9 Å². The van der Waals surface area contributed by atoms with E-state index in [0.717, 1.165) is 30.9 Å². The summed E-state index contributed by atoms with van der Waals surface area (Å²) in [6.45, 7) is 5.96. The van der Waals surface area contributed by atoms with E-state index in [1.165, 1.54) is 0 Å². The molecule has 0 bridgehead atoms. The van der Waals surface area contributed by atoms with Gasteiger partial charge in [0.05, 0.1) is 24.4 Å². The van der Waals surface area contributed by atoms with E-state index >= 15 is 0 Å². The molecular formula is C17H26N6O2. The largest absolute Gasteiger partial charge is 0.371 e. The Hall–Kier alpha value is -2.06. The van der Waals surface area contributed by atoms with Crippen molar-refractivity contribution in [3.05, 3.63) is 29.5 Å². The lowest BCUT2D eigenvalue weighted by molar-refractivity contribution is 0.0601. The van der Waals surface area contributed by atoms with Crippen molar-refractivity contribution in [2.24, 2.45) is 0 Å². The van der Waals surface area contributed by atoms with Crippen LogP contribution in [0, 0.1) is 0 Å². The van der Waals surface area contributed by atoms with Crippen molar-refractivity contribution in [2.75, 3.05) is 25.5 Å². The number of nitrogens with zero attached hydrogens (tertiary/aromatic N) is 6. The molecule has 8 heteroatoms. The molecule has 0 saturated carbocycles. The molecule has 0 spiro atoms. The number of aromatic nitrogens is 4.